The van der Waals surface area contributed by atoms with Crippen molar-refractivity contribution in [2.24, 2.45) is 5.92 Å². The van der Waals surface area contributed by atoms with E-state index in [2.05, 4.69) is 6.92 Å². The predicted octanol–water partition coefficient (Wildman–Crippen LogP) is 5.95. The van der Waals surface area contributed by atoms with Gasteiger partial charge in [0.05, 0.1) is 54.5 Å². The van der Waals surface area contributed by atoms with Crippen LogP contribution in [0.25, 0.3) is 0 Å². The predicted molar refractivity (Wildman–Crippen MR) is 203 cm³/mol. The van der Waals surface area contributed by atoms with E-state index in [1.54, 1.807) is 19.1 Å². The third-order valence-electron chi connectivity index (χ3n) is 9.08. The van der Waals surface area contributed by atoms with Crippen molar-refractivity contribution >= 4 is 35.0 Å². The van der Waals surface area contributed by atoms with Gasteiger partial charge in [-0.25, -0.2) is 4.79 Å². The highest BCUT2D eigenvalue weighted by Crippen LogP contribution is 2.35. The first-order valence-corrected chi connectivity index (χ1v) is 18.2. The number of methoxy groups -OCH3 is 1. The van der Waals surface area contributed by atoms with Crippen LogP contribution in [0.15, 0.2) is 54.6 Å². The number of nitrogens with two attached hydrogens (primary N) is 1. The van der Waals surface area contributed by atoms with Crippen LogP contribution >= 0.6 is 0 Å². The number of ether oxygens (including phenoxy) is 3. The fourth-order valence-electron chi connectivity index (χ4n) is 5.95. The number of nitrogen functional groups attached to an aromatic ring is 1. The summed E-state index contributed by atoms with van der Waals surface area (Å²) in [6.07, 6.45) is 4.43. The Balaban J connectivity index is 0.000000801. The summed E-state index contributed by atoms with van der Waals surface area (Å²) >= 11 is 0. The molecule has 1 aliphatic rings. The first-order chi connectivity index (χ1) is 26.2. The smallest absolute Gasteiger partial charge is 0.328 e. The molecular weight excluding hydrogens is 714 g/mol. The molecule has 1 aliphatic heterocycles. The number of hydrogen-bond acceptors (Lipinski definition) is 12. The first kappa shape index (κ1) is 43.7. The van der Waals surface area contributed by atoms with E-state index >= 15 is 0 Å². The van der Waals surface area contributed by atoms with Crippen LogP contribution in [0, 0.1) is 16.0 Å². The number of nitrogens with zero attached hydrogens (tertiary/aromatic N) is 2. The van der Waals surface area contributed by atoms with Gasteiger partial charge in [-0.05, 0) is 49.8 Å². The summed E-state index contributed by atoms with van der Waals surface area (Å²) in [5, 5.41) is 40.1. The average molecular weight is 766 g/mol. The largest absolute Gasteiger partial charge is 0.504 e. The Morgan fingerprint density at radius 2 is 1.64 bits per heavy atom. The Kier molecular flexibility index (Phi) is 16.9. The van der Waals surface area contributed by atoms with Gasteiger partial charge < -0.3 is 40.2 Å². The standard InChI is InChI=1S/C33H37N3O10.C7H14O2/c1-20(37)24-16-29(39)31(18-27(24)36(42)43)46-12-8-4-7-11-45-30-17-26(34)25(14-22(30)13-21-9-5-3-6-10-21)32(40)35-19-23(38)15-28(35)33(41)44-2;1-3-4-5-6(2)7(8)9/h3,5-6,9-10,14,16-18,23,28,38-39H,4,7-8,11-13,15,19,34H2,1-2H3;6H,3-5H2,1-2H3,(H,8,9)/t23?,28-;/m0./s1. The molecule has 2 unspecified atom stereocenters. The maximum absolute atomic E-state index is 13.6. The molecule has 1 fully saturated rings. The van der Waals surface area contributed by atoms with E-state index in [9.17, 15) is 39.5 Å². The zero-order valence-corrected chi connectivity index (χ0v) is 31.7. The van der Waals surface area contributed by atoms with Gasteiger partial charge in [0.15, 0.2) is 17.3 Å². The van der Waals surface area contributed by atoms with Gasteiger partial charge in [-0.2, -0.15) is 0 Å². The quantitative estimate of drug-likeness (QED) is 0.0293. The lowest BCUT2D eigenvalue weighted by molar-refractivity contribution is -0.385. The van der Waals surface area contributed by atoms with E-state index < -0.39 is 46.4 Å². The number of nitro groups is 1. The van der Waals surface area contributed by atoms with Gasteiger partial charge >= 0.3 is 11.9 Å². The lowest BCUT2D eigenvalue weighted by Gasteiger charge is -2.24. The van der Waals surface area contributed by atoms with Crippen LogP contribution in [0.1, 0.15) is 97.6 Å². The zero-order chi connectivity index (χ0) is 40.7. The summed E-state index contributed by atoms with van der Waals surface area (Å²) in [7, 11) is 1.23. The molecule has 0 bridgehead atoms. The highest BCUT2D eigenvalue weighted by Gasteiger charge is 2.40. The summed E-state index contributed by atoms with van der Waals surface area (Å²) in [5.74, 6) is -2.41. The second-order valence-electron chi connectivity index (χ2n) is 13.4. The molecule has 5 N–H and O–H groups in total. The number of carbonyl (C=O) groups is 4. The maximum Gasteiger partial charge on any atom is 0.328 e. The number of rotatable bonds is 18. The molecule has 0 saturated carbocycles. The molecule has 0 aromatic heterocycles. The Morgan fingerprint density at radius 1 is 0.982 bits per heavy atom. The topological polar surface area (TPSA) is 229 Å². The molecule has 1 heterocycles. The van der Waals surface area contributed by atoms with E-state index in [1.807, 2.05) is 30.3 Å². The van der Waals surface area contributed by atoms with Crippen LogP contribution in [0.2, 0.25) is 0 Å². The second-order valence-corrected chi connectivity index (χ2v) is 13.4. The molecular formula is C40H51N3O12. The van der Waals surface area contributed by atoms with E-state index in [4.69, 9.17) is 25.1 Å². The number of likely N-dealkylation sites (tertiary alicyclic amines) is 1. The average Bonchev–Trinajstić information content (AvgIpc) is 3.55. The number of ketones is 1. The highest BCUT2D eigenvalue weighted by molar-refractivity contribution is 6.02. The number of aliphatic hydroxyl groups excluding tert-OH is 1. The number of phenols is 1. The molecule has 298 valence electrons. The van der Waals surface area contributed by atoms with Crippen molar-refractivity contribution in [3.05, 3.63) is 87.0 Å². The van der Waals surface area contributed by atoms with Gasteiger partial charge in [-0.1, -0.05) is 57.0 Å². The minimum absolute atomic E-state index is 0.0196. The minimum Gasteiger partial charge on any atom is -0.504 e. The number of aliphatic hydroxyl groups is 1. The van der Waals surface area contributed by atoms with Crippen LogP contribution in [0.5, 0.6) is 17.2 Å². The van der Waals surface area contributed by atoms with Crippen LogP contribution < -0.4 is 15.2 Å². The van der Waals surface area contributed by atoms with Crippen LogP contribution in [0.3, 0.4) is 0 Å². The van der Waals surface area contributed by atoms with E-state index in [0.717, 1.165) is 37.0 Å². The number of anilines is 1. The number of nitro benzene ring substituents is 1. The molecule has 0 spiro atoms. The molecule has 4 rings (SSSR count). The van der Waals surface area contributed by atoms with Crippen molar-refractivity contribution in [1.29, 1.82) is 0 Å². The van der Waals surface area contributed by atoms with Gasteiger partial charge in [-0.15, -0.1) is 0 Å². The molecule has 0 aliphatic carbocycles. The van der Waals surface area contributed by atoms with Gasteiger partial charge in [-0.3, -0.25) is 24.5 Å². The number of β-amino-alcohol motifs (C(OH)–C–C–N with tert-alkyl or cyclic N) is 1. The molecule has 0 radical (unpaired) electrons. The minimum atomic E-state index is -0.914. The number of benzene rings is 3. The maximum atomic E-state index is 13.6. The number of aliphatic carboxylic acids is 1. The lowest BCUT2D eigenvalue weighted by atomic mass is 9.99. The van der Waals surface area contributed by atoms with Crippen LogP contribution in [-0.4, -0.2) is 87.8 Å². The van der Waals surface area contributed by atoms with E-state index in [0.29, 0.717) is 43.6 Å². The number of carbonyl (C=O) groups excluding carboxylic acids is 3. The summed E-state index contributed by atoms with van der Waals surface area (Å²) in [4.78, 5) is 59.6. The summed E-state index contributed by atoms with van der Waals surface area (Å²) in [6.45, 7) is 5.46. The fraction of sp³-hybridized carbons (Fsp3) is 0.450. The van der Waals surface area contributed by atoms with Crippen molar-refractivity contribution < 1.29 is 53.6 Å². The van der Waals surface area contributed by atoms with Crippen molar-refractivity contribution in [3.63, 3.8) is 0 Å². The number of carboxylic acids is 1. The van der Waals surface area contributed by atoms with E-state index in [1.165, 1.54) is 18.9 Å². The Morgan fingerprint density at radius 3 is 2.22 bits per heavy atom. The van der Waals surface area contributed by atoms with Crippen molar-refractivity contribution in [2.75, 3.05) is 32.6 Å². The molecule has 3 aromatic rings. The second kappa shape index (κ2) is 21.3. The molecule has 3 aromatic carbocycles. The zero-order valence-electron chi connectivity index (χ0n) is 31.7. The Hall–Kier alpha value is -5.70. The molecule has 15 heteroatoms. The van der Waals surface area contributed by atoms with Crippen LogP contribution in [-0.2, 0) is 20.7 Å². The third kappa shape index (κ3) is 12.7. The monoisotopic (exact) mass is 765 g/mol. The normalized spacial score (nSPS) is 15.3. The lowest BCUT2D eigenvalue weighted by Crippen LogP contribution is -2.41. The molecule has 1 saturated heterocycles. The summed E-state index contributed by atoms with van der Waals surface area (Å²) < 4.78 is 16.5. The number of unbranched alkanes of at least 4 members (excludes halogenated alkanes) is 3. The van der Waals surface area contributed by atoms with Gasteiger partial charge in [0.1, 0.15) is 11.8 Å². The molecule has 3 atom stereocenters. The molecule has 15 nitrogen and oxygen atoms in total. The van der Waals surface area contributed by atoms with Crippen molar-refractivity contribution in [3.8, 4) is 17.2 Å². The third-order valence-corrected chi connectivity index (χ3v) is 9.08. The number of esters is 1. The number of phenolic OH excluding ortho intramolecular Hbond substituents is 1. The van der Waals surface area contributed by atoms with Gasteiger partial charge in [0.25, 0.3) is 11.6 Å². The van der Waals surface area contributed by atoms with Crippen molar-refractivity contribution in [1.82, 2.24) is 4.90 Å². The number of aromatic hydroxyl groups is 1. The van der Waals surface area contributed by atoms with Crippen LogP contribution in [0.4, 0.5) is 11.4 Å². The summed E-state index contributed by atoms with van der Waals surface area (Å²) in [6, 6.07) is 14.0. The fourth-order valence-corrected chi connectivity index (χ4v) is 5.95. The first-order valence-electron chi connectivity index (χ1n) is 18.2. The SMILES string of the molecule is CCCCC(C)C(=O)O.COC(=O)[C@@H]1CC(O)CN1C(=O)c1cc(Cc2ccccc2)c(OCCCCCOc2cc([N+](=O)[O-])c(C(C)=O)cc2O)cc1N. The van der Waals surface area contributed by atoms with E-state index in [-0.39, 0.29) is 53.8 Å². The molecule has 55 heavy (non-hydrogen) atoms. The van der Waals surface area contributed by atoms with Crippen molar-refractivity contribution in [2.45, 2.75) is 84.3 Å². The highest BCUT2D eigenvalue weighted by atomic mass is 16.6. The molecule has 1 amide bonds. The Labute approximate surface area is 320 Å². The Bertz CT molecular complexity index is 1800. The number of carboxylic acid groups (broad SMARTS) is 1. The number of amides is 1. The number of hydrogen-bond donors (Lipinski definition) is 4. The number of Topliss-reactive ketones (excluding diaryl/α,β-unsaturated/α-hetero) is 1. The summed E-state index contributed by atoms with van der Waals surface area (Å²) in [5.41, 5.74) is 7.75. The van der Waals surface area contributed by atoms with Gasteiger partial charge in [0, 0.05) is 37.2 Å². The van der Waals surface area contributed by atoms with Gasteiger partial charge in [0.2, 0.25) is 0 Å².